The number of carbonyl (C=O) groups excluding carboxylic acids is 2. The number of ether oxygens (including phenoxy) is 1. The molecule has 0 bridgehead atoms. The van der Waals surface area contributed by atoms with Crippen molar-refractivity contribution in [2.45, 2.75) is 6.42 Å². The largest absolute Gasteiger partial charge is 0.425 e. The first kappa shape index (κ1) is 16.0. The van der Waals surface area contributed by atoms with E-state index in [-0.39, 0.29) is 12.3 Å². The minimum absolute atomic E-state index is 0.0756. The molecule has 1 saturated heterocycles. The highest BCUT2D eigenvalue weighted by Gasteiger charge is 2.36. The van der Waals surface area contributed by atoms with Gasteiger partial charge in [-0.15, -0.1) is 0 Å². The molecule has 6 heteroatoms. The normalized spacial score (nSPS) is 17.4. The summed E-state index contributed by atoms with van der Waals surface area (Å²) in [5, 5.41) is 0.544. The summed E-state index contributed by atoms with van der Waals surface area (Å²) in [5.74, 6) is -0.580. The Hall–Kier alpha value is -1.85. The summed E-state index contributed by atoms with van der Waals surface area (Å²) >= 11 is 9.17. The lowest BCUT2D eigenvalue weighted by Gasteiger charge is -2.16. The number of benzene rings is 2. The fourth-order valence-electron chi connectivity index (χ4n) is 2.47. The van der Waals surface area contributed by atoms with Gasteiger partial charge < -0.3 is 9.64 Å². The molecule has 2 aromatic carbocycles. The molecule has 0 radical (unpaired) electrons. The van der Waals surface area contributed by atoms with Crippen molar-refractivity contribution < 1.29 is 14.3 Å². The summed E-state index contributed by atoms with van der Waals surface area (Å²) in [4.78, 5) is 26.1. The second-order valence-electron chi connectivity index (χ2n) is 5.24. The number of halogens is 2. The topological polar surface area (TPSA) is 46.6 Å². The predicted molar refractivity (Wildman–Crippen MR) is 91.7 cm³/mol. The molecule has 23 heavy (non-hydrogen) atoms. The van der Waals surface area contributed by atoms with Crippen molar-refractivity contribution >= 4 is 45.1 Å². The van der Waals surface area contributed by atoms with E-state index >= 15 is 0 Å². The van der Waals surface area contributed by atoms with Crippen molar-refractivity contribution in [1.82, 2.24) is 0 Å². The second kappa shape index (κ2) is 6.72. The molecule has 1 amide bonds. The van der Waals surface area contributed by atoms with Gasteiger partial charge in [-0.05, 0) is 46.3 Å². The Labute approximate surface area is 147 Å². The Balaban J connectivity index is 1.71. The number of hydrogen-bond donors (Lipinski definition) is 0. The maximum atomic E-state index is 12.3. The molecule has 2 aromatic rings. The van der Waals surface area contributed by atoms with Crippen LogP contribution in [0, 0.1) is 5.92 Å². The van der Waals surface area contributed by atoms with Crippen LogP contribution in [0.15, 0.2) is 53.0 Å². The Kier molecular flexibility index (Phi) is 4.68. The predicted octanol–water partition coefficient (Wildman–Crippen LogP) is 4.06. The van der Waals surface area contributed by atoms with Crippen molar-refractivity contribution in [1.29, 1.82) is 0 Å². The van der Waals surface area contributed by atoms with E-state index in [1.807, 2.05) is 30.3 Å². The third-order valence-corrected chi connectivity index (χ3v) is 4.49. The number of para-hydroxylation sites is 1. The van der Waals surface area contributed by atoms with Crippen molar-refractivity contribution in [2.75, 3.05) is 11.4 Å². The number of carbonyl (C=O) groups is 2. The second-order valence-corrected chi connectivity index (χ2v) is 6.53. The van der Waals surface area contributed by atoms with E-state index in [1.165, 1.54) is 0 Å². The summed E-state index contributed by atoms with van der Waals surface area (Å²) in [5.41, 5.74) is 0.792. The number of nitrogens with zero attached hydrogens (tertiary/aromatic N) is 1. The highest BCUT2D eigenvalue weighted by molar-refractivity contribution is 9.10. The van der Waals surface area contributed by atoms with Gasteiger partial charge in [-0.2, -0.15) is 0 Å². The molecular weight excluding hydrogens is 382 g/mol. The van der Waals surface area contributed by atoms with Gasteiger partial charge in [0.1, 0.15) is 5.75 Å². The number of rotatable bonds is 3. The summed E-state index contributed by atoms with van der Waals surface area (Å²) in [6.45, 7) is 0.326. The Morgan fingerprint density at radius 1 is 1.22 bits per heavy atom. The standard InChI is InChI=1S/C17H13BrClNO3/c18-14-9-12(19)6-7-15(14)23-17(22)11-8-16(21)20(10-11)13-4-2-1-3-5-13/h1-7,9,11H,8,10H2. The molecule has 1 fully saturated rings. The zero-order valence-electron chi connectivity index (χ0n) is 12.0. The fourth-order valence-corrected chi connectivity index (χ4v) is 3.24. The van der Waals surface area contributed by atoms with Crippen molar-refractivity contribution in [3.8, 4) is 5.75 Å². The van der Waals surface area contributed by atoms with Gasteiger partial charge in [-0.25, -0.2) is 0 Å². The summed E-state index contributed by atoms with van der Waals surface area (Å²) in [7, 11) is 0. The minimum atomic E-state index is -0.481. The van der Waals surface area contributed by atoms with Gasteiger partial charge in [-0.1, -0.05) is 29.8 Å². The van der Waals surface area contributed by atoms with E-state index in [2.05, 4.69) is 15.9 Å². The van der Waals surface area contributed by atoms with Crippen LogP contribution in [0.5, 0.6) is 5.75 Å². The highest BCUT2D eigenvalue weighted by Crippen LogP contribution is 2.30. The molecule has 1 aliphatic rings. The zero-order valence-corrected chi connectivity index (χ0v) is 14.4. The molecule has 118 valence electrons. The monoisotopic (exact) mass is 393 g/mol. The van der Waals surface area contributed by atoms with Crippen LogP contribution in [0.1, 0.15) is 6.42 Å². The molecule has 4 nitrogen and oxygen atoms in total. The molecule has 0 spiro atoms. The van der Waals surface area contributed by atoms with E-state index in [4.69, 9.17) is 16.3 Å². The average Bonchev–Trinajstić information content (AvgIpc) is 2.93. The molecule has 0 aromatic heterocycles. The number of amides is 1. The van der Waals surface area contributed by atoms with E-state index in [0.717, 1.165) is 5.69 Å². The molecule has 1 atom stereocenters. The molecule has 0 saturated carbocycles. The van der Waals surface area contributed by atoms with Crippen molar-refractivity contribution in [3.05, 3.63) is 58.0 Å². The minimum Gasteiger partial charge on any atom is -0.425 e. The molecular formula is C17H13BrClNO3. The molecule has 1 aliphatic heterocycles. The molecule has 3 rings (SSSR count). The van der Waals surface area contributed by atoms with Crippen LogP contribution in [0.2, 0.25) is 5.02 Å². The highest BCUT2D eigenvalue weighted by atomic mass is 79.9. The zero-order chi connectivity index (χ0) is 16.4. The van der Waals surface area contributed by atoms with Gasteiger partial charge in [0.25, 0.3) is 0 Å². The molecule has 0 aliphatic carbocycles. The van der Waals surface area contributed by atoms with Gasteiger partial charge in [-0.3, -0.25) is 9.59 Å². The first-order valence-electron chi connectivity index (χ1n) is 7.07. The fraction of sp³-hybridized carbons (Fsp3) is 0.176. The number of hydrogen-bond acceptors (Lipinski definition) is 3. The van der Waals surface area contributed by atoms with E-state index in [9.17, 15) is 9.59 Å². The first-order chi connectivity index (χ1) is 11.0. The van der Waals surface area contributed by atoms with Gasteiger partial charge in [0.05, 0.1) is 10.4 Å². The number of esters is 1. The SMILES string of the molecule is O=C(Oc1ccc(Cl)cc1Br)C1CC(=O)N(c2ccccc2)C1. The average molecular weight is 395 g/mol. The van der Waals surface area contributed by atoms with Crippen LogP contribution in [-0.4, -0.2) is 18.4 Å². The van der Waals surface area contributed by atoms with Crippen molar-refractivity contribution in [2.24, 2.45) is 5.92 Å². The summed E-state index contributed by atoms with van der Waals surface area (Å²) in [6.07, 6.45) is 0.152. The van der Waals surface area contributed by atoms with Crippen LogP contribution in [0.25, 0.3) is 0 Å². The summed E-state index contributed by atoms with van der Waals surface area (Å²) < 4.78 is 5.99. The van der Waals surface area contributed by atoms with Crippen LogP contribution in [-0.2, 0) is 9.59 Å². The van der Waals surface area contributed by atoms with E-state index in [0.29, 0.717) is 21.8 Å². The van der Waals surface area contributed by atoms with Crippen molar-refractivity contribution in [3.63, 3.8) is 0 Å². The lowest BCUT2D eigenvalue weighted by atomic mass is 10.1. The van der Waals surface area contributed by atoms with Gasteiger partial charge in [0, 0.05) is 23.7 Å². The van der Waals surface area contributed by atoms with Gasteiger partial charge in [0.15, 0.2) is 0 Å². The van der Waals surface area contributed by atoms with Crippen LogP contribution in [0.3, 0.4) is 0 Å². The number of anilines is 1. The van der Waals surface area contributed by atoms with Crippen LogP contribution < -0.4 is 9.64 Å². The Bertz CT molecular complexity index is 751. The van der Waals surface area contributed by atoms with E-state index in [1.54, 1.807) is 23.1 Å². The lowest BCUT2D eigenvalue weighted by molar-refractivity contribution is -0.139. The molecule has 0 N–H and O–H groups in total. The third-order valence-electron chi connectivity index (χ3n) is 3.63. The van der Waals surface area contributed by atoms with Gasteiger partial charge >= 0.3 is 5.97 Å². The first-order valence-corrected chi connectivity index (χ1v) is 8.24. The third kappa shape index (κ3) is 3.57. The Morgan fingerprint density at radius 3 is 2.65 bits per heavy atom. The van der Waals surface area contributed by atoms with Crippen LogP contribution >= 0.6 is 27.5 Å². The summed E-state index contributed by atoms with van der Waals surface area (Å²) in [6, 6.07) is 14.2. The Morgan fingerprint density at radius 2 is 1.96 bits per heavy atom. The lowest BCUT2D eigenvalue weighted by Crippen LogP contribution is -2.27. The van der Waals surface area contributed by atoms with E-state index < -0.39 is 11.9 Å². The van der Waals surface area contributed by atoms with Crippen LogP contribution in [0.4, 0.5) is 5.69 Å². The molecule has 1 unspecified atom stereocenters. The van der Waals surface area contributed by atoms with Gasteiger partial charge in [0.2, 0.25) is 5.91 Å². The maximum absolute atomic E-state index is 12.3. The smallest absolute Gasteiger partial charge is 0.316 e. The quantitative estimate of drug-likeness (QED) is 0.582. The molecule has 1 heterocycles. The maximum Gasteiger partial charge on any atom is 0.316 e.